The van der Waals surface area contributed by atoms with Crippen LogP contribution in [0, 0.1) is 0 Å². The van der Waals surface area contributed by atoms with Gasteiger partial charge in [-0.05, 0) is 74.1 Å². The van der Waals surface area contributed by atoms with Gasteiger partial charge in [-0.2, -0.15) is 0 Å². The van der Waals surface area contributed by atoms with E-state index in [1.165, 1.54) is 21.9 Å². The zero-order chi connectivity index (χ0) is 31.5. The van der Waals surface area contributed by atoms with Crippen LogP contribution in [0.4, 0.5) is 0 Å². The quantitative estimate of drug-likeness (QED) is 0.184. The summed E-state index contributed by atoms with van der Waals surface area (Å²) in [6.07, 6.45) is 0. The molecule has 0 fully saturated rings. The van der Waals surface area contributed by atoms with Crippen molar-refractivity contribution in [1.29, 1.82) is 0 Å². The van der Waals surface area contributed by atoms with Crippen molar-refractivity contribution < 1.29 is 4.74 Å². The number of ether oxygens (including phenoxy) is 1. The van der Waals surface area contributed by atoms with Gasteiger partial charge < -0.3 is 4.74 Å². The molecule has 1 heterocycles. The number of rotatable bonds is 4. The number of nitrogens with zero attached hydrogens (tertiary/aromatic N) is 1. The summed E-state index contributed by atoms with van der Waals surface area (Å²) < 4.78 is 7.37. The molecule has 1 atom stereocenters. The highest BCUT2D eigenvalue weighted by atomic mass is 16.5. The number of para-hydroxylation sites is 1. The van der Waals surface area contributed by atoms with Crippen LogP contribution in [0.2, 0.25) is 0 Å². The lowest BCUT2D eigenvalue weighted by Crippen LogP contribution is -2.34. The van der Waals surface area contributed by atoms with Gasteiger partial charge in [0, 0.05) is 22.3 Å². The molecule has 7 aromatic carbocycles. The van der Waals surface area contributed by atoms with E-state index in [1.807, 2.05) is 6.07 Å². The third-order valence-corrected chi connectivity index (χ3v) is 9.97. The molecule has 0 aromatic heterocycles. The lowest BCUT2D eigenvalue weighted by atomic mass is 9.78. The van der Waals surface area contributed by atoms with E-state index in [4.69, 9.17) is 9.73 Å². The van der Waals surface area contributed by atoms with Gasteiger partial charge in [0.1, 0.15) is 11.8 Å². The SMILES string of the molecule is C=NC(c1ccccc1-c1ccc2c(c1)C1(Oc3ccccc3C2=C)c2ccccc2-c2ccccc21)c1cccc2ccccc12. The Hall–Kier alpha value is -5.99. The highest BCUT2D eigenvalue weighted by Crippen LogP contribution is 2.57. The van der Waals surface area contributed by atoms with Gasteiger partial charge in [-0.15, -0.1) is 0 Å². The van der Waals surface area contributed by atoms with Crippen molar-refractivity contribution >= 4 is 23.1 Å². The zero-order valence-electron chi connectivity index (χ0n) is 25.9. The molecule has 0 radical (unpaired) electrons. The first-order valence-electron chi connectivity index (χ1n) is 16.0. The smallest absolute Gasteiger partial charge is 0.186 e. The molecule has 0 saturated heterocycles. The van der Waals surface area contributed by atoms with E-state index in [2.05, 4.69) is 165 Å². The first-order valence-corrected chi connectivity index (χ1v) is 16.0. The maximum atomic E-state index is 7.37. The van der Waals surface area contributed by atoms with Crippen LogP contribution in [0.5, 0.6) is 5.75 Å². The normalized spacial score (nSPS) is 14.3. The molecule has 2 aliphatic rings. The van der Waals surface area contributed by atoms with Crippen LogP contribution in [-0.2, 0) is 5.60 Å². The standard InChI is InChI=1S/C45H31NO/c1-29-32-27-26-31(35-18-5-6-21-38(35)44(46-2)39-22-13-15-30-14-3-4-17-34(30)39)28-42(32)45(47-43-25-12-9-16-33(29)43)40-23-10-7-19-36(40)37-20-8-11-24-41(37)45/h3-28,44H,1-2H2. The summed E-state index contributed by atoms with van der Waals surface area (Å²) in [5.41, 5.74) is 12.4. The van der Waals surface area contributed by atoms with Gasteiger partial charge in [0.25, 0.3) is 0 Å². The molecule has 0 saturated carbocycles. The summed E-state index contributed by atoms with van der Waals surface area (Å²) in [6.45, 7) is 8.75. The molecule has 1 aliphatic carbocycles. The predicted molar refractivity (Wildman–Crippen MR) is 194 cm³/mol. The average molecular weight is 602 g/mol. The average Bonchev–Trinajstić information content (AvgIpc) is 3.36. The molecule has 0 N–H and O–H groups in total. The Kier molecular flexibility index (Phi) is 6.13. The van der Waals surface area contributed by atoms with Crippen molar-refractivity contribution in [3.8, 4) is 28.0 Å². The van der Waals surface area contributed by atoms with Crippen LogP contribution in [0.15, 0.2) is 169 Å². The van der Waals surface area contributed by atoms with Gasteiger partial charge >= 0.3 is 0 Å². The van der Waals surface area contributed by atoms with E-state index in [0.717, 1.165) is 61.4 Å². The highest BCUT2D eigenvalue weighted by Gasteiger charge is 2.50. The van der Waals surface area contributed by atoms with Crippen LogP contribution in [-0.4, -0.2) is 6.72 Å². The summed E-state index contributed by atoms with van der Waals surface area (Å²) in [5, 5.41) is 2.38. The van der Waals surface area contributed by atoms with Gasteiger partial charge in [-0.25, -0.2) is 0 Å². The number of aliphatic imine (C=N–C) groups is 1. The molecule has 2 nitrogen and oxygen atoms in total. The van der Waals surface area contributed by atoms with Crippen molar-refractivity contribution in [3.05, 3.63) is 203 Å². The number of fused-ring (bicyclic) bond motifs is 9. The molecule has 1 unspecified atom stereocenters. The third-order valence-electron chi connectivity index (χ3n) is 9.97. The van der Waals surface area contributed by atoms with Crippen LogP contribution >= 0.6 is 0 Å². The second-order valence-electron chi connectivity index (χ2n) is 12.4. The van der Waals surface area contributed by atoms with E-state index in [1.54, 1.807) is 0 Å². The third kappa shape index (κ3) is 3.95. The van der Waals surface area contributed by atoms with Crippen LogP contribution < -0.4 is 4.74 Å². The second kappa shape index (κ2) is 10.5. The highest BCUT2D eigenvalue weighted by molar-refractivity contribution is 5.91. The van der Waals surface area contributed by atoms with Crippen LogP contribution in [0.25, 0.3) is 38.6 Å². The molecule has 0 amide bonds. The maximum Gasteiger partial charge on any atom is 0.186 e. The molecule has 222 valence electrons. The van der Waals surface area contributed by atoms with E-state index >= 15 is 0 Å². The molecule has 1 aliphatic heterocycles. The van der Waals surface area contributed by atoms with Gasteiger partial charge in [0.15, 0.2) is 5.60 Å². The van der Waals surface area contributed by atoms with Crippen LogP contribution in [0.3, 0.4) is 0 Å². The van der Waals surface area contributed by atoms with E-state index in [0.29, 0.717) is 0 Å². The minimum Gasteiger partial charge on any atom is -0.472 e. The summed E-state index contributed by atoms with van der Waals surface area (Å²) in [4.78, 5) is 4.75. The van der Waals surface area contributed by atoms with Gasteiger partial charge in [0.2, 0.25) is 0 Å². The minimum absolute atomic E-state index is 0.242. The molecular formula is C45H31NO. The molecule has 7 aromatic rings. The molecule has 9 rings (SSSR count). The van der Waals surface area contributed by atoms with Crippen molar-refractivity contribution in [2.45, 2.75) is 11.6 Å². The number of hydrogen-bond acceptors (Lipinski definition) is 2. The Labute approximate surface area is 275 Å². The summed E-state index contributed by atoms with van der Waals surface area (Å²) in [7, 11) is 0. The van der Waals surface area contributed by atoms with Gasteiger partial charge in [-0.1, -0.05) is 152 Å². The maximum absolute atomic E-state index is 7.37. The topological polar surface area (TPSA) is 21.6 Å². The van der Waals surface area contributed by atoms with Crippen molar-refractivity contribution in [1.82, 2.24) is 0 Å². The Morgan fingerprint density at radius 3 is 1.87 bits per heavy atom. The molecule has 1 spiro atoms. The monoisotopic (exact) mass is 601 g/mol. The molecule has 0 bridgehead atoms. The summed E-state index contributed by atoms with van der Waals surface area (Å²) in [5.74, 6) is 0.828. The lowest BCUT2D eigenvalue weighted by Gasteiger charge is -2.34. The van der Waals surface area contributed by atoms with Crippen molar-refractivity contribution in [2.75, 3.05) is 0 Å². The van der Waals surface area contributed by atoms with Gasteiger partial charge in [0.05, 0.1) is 0 Å². The van der Waals surface area contributed by atoms with Gasteiger partial charge in [-0.3, -0.25) is 4.99 Å². The Morgan fingerprint density at radius 2 is 1.11 bits per heavy atom. The summed E-state index contributed by atoms with van der Waals surface area (Å²) in [6, 6.07) is 55.6. The lowest BCUT2D eigenvalue weighted by molar-refractivity contribution is 0.161. The number of hydrogen-bond donors (Lipinski definition) is 0. The minimum atomic E-state index is -0.866. The Bertz CT molecular complexity index is 2350. The van der Waals surface area contributed by atoms with Crippen LogP contribution in [0.1, 0.15) is 45.0 Å². The second-order valence-corrected chi connectivity index (χ2v) is 12.4. The molecular weight excluding hydrogens is 571 g/mol. The van der Waals surface area contributed by atoms with Crippen molar-refractivity contribution in [2.24, 2.45) is 4.99 Å². The fourth-order valence-electron chi connectivity index (χ4n) is 7.88. The number of benzene rings is 7. The van der Waals surface area contributed by atoms with E-state index in [9.17, 15) is 0 Å². The van der Waals surface area contributed by atoms with E-state index < -0.39 is 5.60 Å². The summed E-state index contributed by atoms with van der Waals surface area (Å²) >= 11 is 0. The van der Waals surface area contributed by atoms with Crippen molar-refractivity contribution in [3.63, 3.8) is 0 Å². The fraction of sp³-hybridized carbons (Fsp3) is 0.0444. The fourth-order valence-corrected chi connectivity index (χ4v) is 7.88. The molecule has 2 heteroatoms. The first kappa shape index (κ1) is 27.3. The Balaban J connectivity index is 1.31. The first-order chi connectivity index (χ1) is 23.2. The molecule has 47 heavy (non-hydrogen) atoms. The Morgan fingerprint density at radius 1 is 0.511 bits per heavy atom. The zero-order valence-corrected chi connectivity index (χ0v) is 25.9. The predicted octanol–water partition coefficient (Wildman–Crippen LogP) is 11.0. The largest absolute Gasteiger partial charge is 0.472 e. The van der Waals surface area contributed by atoms with E-state index in [-0.39, 0.29) is 6.04 Å².